The lowest BCUT2D eigenvalue weighted by Crippen LogP contribution is -2.38. The fraction of sp³-hybridized carbons (Fsp3) is 0.391. The Bertz CT molecular complexity index is 897. The molecule has 0 amide bonds. The number of aromatic nitrogens is 1. The molecule has 0 aliphatic carbocycles. The smallest absolute Gasteiger partial charge is 0.123 e. The van der Waals surface area contributed by atoms with Gasteiger partial charge in [-0.25, -0.2) is 4.39 Å². The van der Waals surface area contributed by atoms with E-state index in [0.29, 0.717) is 6.04 Å². The summed E-state index contributed by atoms with van der Waals surface area (Å²) < 4.78 is 16.4. The standard InChI is InChI=1S/C23H27FN2/c1-3-25-16-21-20-15-19(24)11-12-22(20)26(23(21)14-17(25)2)13-7-10-18-8-5-4-6-9-18/h4-6,8-9,11-12,15,17H,3,7,10,13-14,16H2,1-2H3. The Balaban J connectivity index is 1.66. The molecule has 0 radical (unpaired) electrons. The Morgan fingerprint density at radius 2 is 1.92 bits per heavy atom. The third-order valence-corrected chi connectivity index (χ3v) is 5.82. The summed E-state index contributed by atoms with van der Waals surface area (Å²) >= 11 is 0. The van der Waals surface area contributed by atoms with Crippen LogP contribution in [-0.4, -0.2) is 22.1 Å². The van der Waals surface area contributed by atoms with Crippen LogP contribution in [0.4, 0.5) is 4.39 Å². The van der Waals surface area contributed by atoms with E-state index in [-0.39, 0.29) is 5.82 Å². The highest BCUT2D eigenvalue weighted by Crippen LogP contribution is 2.33. The summed E-state index contributed by atoms with van der Waals surface area (Å²) in [7, 11) is 0. The summed E-state index contributed by atoms with van der Waals surface area (Å²) in [6.45, 7) is 7.47. The van der Waals surface area contributed by atoms with Crippen molar-refractivity contribution in [2.45, 2.75) is 52.2 Å². The minimum atomic E-state index is -0.136. The number of aryl methyl sites for hydroxylation is 2. The van der Waals surface area contributed by atoms with E-state index in [0.717, 1.165) is 44.3 Å². The molecular weight excluding hydrogens is 323 g/mol. The molecule has 4 rings (SSSR count). The minimum absolute atomic E-state index is 0.136. The van der Waals surface area contributed by atoms with Crippen molar-refractivity contribution in [2.24, 2.45) is 0 Å². The zero-order valence-electron chi connectivity index (χ0n) is 15.7. The van der Waals surface area contributed by atoms with Gasteiger partial charge in [0.2, 0.25) is 0 Å². The number of nitrogens with zero attached hydrogens (tertiary/aromatic N) is 2. The van der Waals surface area contributed by atoms with E-state index in [1.807, 2.05) is 6.07 Å². The van der Waals surface area contributed by atoms with Crippen LogP contribution >= 0.6 is 0 Å². The molecule has 1 atom stereocenters. The van der Waals surface area contributed by atoms with E-state index in [1.165, 1.54) is 22.3 Å². The Hall–Kier alpha value is -2.13. The number of benzene rings is 2. The van der Waals surface area contributed by atoms with Crippen LogP contribution in [0.15, 0.2) is 48.5 Å². The number of likely N-dealkylation sites (N-methyl/N-ethyl adjacent to an activating group) is 1. The quantitative estimate of drug-likeness (QED) is 0.615. The molecule has 0 saturated heterocycles. The first-order chi connectivity index (χ1) is 12.7. The van der Waals surface area contributed by atoms with Crippen molar-refractivity contribution in [1.29, 1.82) is 0 Å². The molecule has 3 aromatic rings. The van der Waals surface area contributed by atoms with Crippen molar-refractivity contribution in [3.63, 3.8) is 0 Å². The molecular formula is C23H27FN2. The fourth-order valence-corrected chi connectivity index (χ4v) is 4.39. The van der Waals surface area contributed by atoms with E-state index in [1.54, 1.807) is 12.1 Å². The Morgan fingerprint density at radius 3 is 2.69 bits per heavy atom. The van der Waals surface area contributed by atoms with Crippen LogP contribution in [-0.2, 0) is 25.9 Å². The van der Waals surface area contributed by atoms with E-state index >= 15 is 0 Å². The molecule has 136 valence electrons. The number of hydrogen-bond donors (Lipinski definition) is 0. The van der Waals surface area contributed by atoms with Gasteiger partial charge < -0.3 is 4.57 Å². The van der Waals surface area contributed by atoms with Crippen molar-refractivity contribution in [2.75, 3.05) is 6.54 Å². The van der Waals surface area contributed by atoms with Gasteiger partial charge in [-0.1, -0.05) is 37.3 Å². The van der Waals surface area contributed by atoms with Gasteiger partial charge in [-0.2, -0.15) is 0 Å². The van der Waals surface area contributed by atoms with Gasteiger partial charge in [0.15, 0.2) is 0 Å². The van der Waals surface area contributed by atoms with Crippen molar-refractivity contribution < 1.29 is 4.39 Å². The lowest BCUT2D eigenvalue weighted by atomic mass is 9.99. The van der Waals surface area contributed by atoms with Crippen LogP contribution in [0.25, 0.3) is 10.9 Å². The summed E-state index contributed by atoms with van der Waals surface area (Å²) in [5, 5.41) is 1.10. The molecule has 2 nitrogen and oxygen atoms in total. The molecule has 1 aliphatic heterocycles. The predicted molar refractivity (Wildman–Crippen MR) is 106 cm³/mol. The third kappa shape index (κ3) is 3.16. The number of rotatable bonds is 5. The highest BCUT2D eigenvalue weighted by Gasteiger charge is 2.27. The average molecular weight is 350 g/mol. The van der Waals surface area contributed by atoms with Crippen LogP contribution in [0.1, 0.15) is 37.1 Å². The molecule has 26 heavy (non-hydrogen) atoms. The number of fused-ring (bicyclic) bond motifs is 3. The van der Waals surface area contributed by atoms with E-state index < -0.39 is 0 Å². The third-order valence-electron chi connectivity index (χ3n) is 5.82. The second kappa shape index (κ2) is 7.24. The van der Waals surface area contributed by atoms with Crippen LogP contribution in [0.5, 0.6) is 0 Å². The lowest BCUT2D eigenvalue weighted by molar-refractivity contribution is 0.192. The second-order valence-corrected chi connectivity index (χ2v) is 7.44. The van der Waals surface area contributed by atoms with Gasteiger partial charge in [0.1, 0.15) is 5.82 Å². The van der Waals surface area contributed by atoms with Gasteiger partial charge in [0.25, 0.3) is 0 Å². The average Bonchev–Trinajstić information content (AvgIpc) is 2.94. The van der Waals surface area contributed by atoms with Gasteiger partial charge in [0, 0.05) is 42.1 Å². The maximum Gasteiger partial charge on any atom is 0.123 e. The molecule has 3 heteroatoms. The van der Waals surface area contributed by atoms with E-state index in [4.69, 9.17) is 0 Å². The molecule has 0 spiro atoms. The molecule has 0 N–H and O–H groups in total. The first-order valence-electron chi connectivity index (χ1n) is 9.75. The van der Waals surface area contributed by atoms with Crippen LogP contribution in [0, 0.1) is 5.82 Å². The van der Waals surface area contributed by atoms with Gasteiger partial charge in [-0.3, -0.25) is 4.90 Å². The zero-order chi connectivity index (χ0) is 18.1. The molecule has 0 bridgehead atoms. The summed E-state index contributed by atoms with van der Waals surface area (Å²) in [6.07, 6.45) is 3.22. The maximum atomic E-state index is 13.9. The van der Waals surface area contributed by atoms with Crippen LogP contribution in [0.3, 0.4) is 0 Å². The zero-order valence-corrected chi connectivity index (χ0v) is 15.7. The van der Waals surface area contributed by atoms with Crippen molar-refractivity contribution in [1.82, 2.24) is 9.47 Å². The normalized spacial score (nSPS) is 17.6. The summed E-state index contributed by atoms with van der Waals surface area (Å²) in [4.78, 5) is 2.49. The second-order valence-electron chi connectivity index (χ2n) is 7.44. The highest BCUT2D eigenvalue weighted by molar-refractivity contribution is 5.86. The molecule has 2 aromatic carbocycles. The van der Waals surface area contributed by atoms with E-state index in [2.05, 4.69) is 53.6 Å². The van der Waals surface area contributed by atoms with E-state index in [9.17, 15) is 4.39 Å². The van der Waals surface area contributed by atoms with Crippen molar-refractivity contribution >= 4 is 10.9 Å². The topological polar surface area (TPSA) is 8.17 Å². The number of halogens is 1. The van der Waals surface area contributed by atoms with Gasteiger partial charge >= 0.3 is 0 Å². The molecule has 1 unspecified atom stereocenters. The Labute approximate surface area is 155 Å². The molecule has 0 saturated carbocycles. The van der Waals surface area contributed by atoms with Gasteiger partial charge in [-0.15, -0.1) is 0 Å². The summed E-state index contributed by atoms with van der Waals surface area (Å²) in [5.41, 5.74) is 5.32. The monoisotopic (exact) mass is 350 g/mol. The molecule has 2 heterocycles. The van der Waals surface area contributed by atoms with Gasteiger partial charge in [-0.05, 0) is 55.6 Å². The summed E-state index contributed by atoms with van der Waals surface area (Å²) in [5.74, 6) is -0.136. The molecule has 1 aliphatic rings. The fourth-order valence-electron chi connectivity index (χ4n) is 4.39. The largest absolute Gasteiger partial charge is 0.344 e. The highest BCUT2D eigenvalue weighted by atomic mass is 19.1. The number of hydrogen-bond acceptors (Lipinski definition) is 1. The van der Waals surface area contributed by atoms with Crippen LogP contribution < -0.4 is 0 Å². The lowest BCUT2D eigenvalue weighted by Gasteiger charge is -2.33. The molecule has 0 fully saturated rings. The first kappa shape index (κ1) is 17.3. The SMILES string of the molecule is CCN1Cc2c(n(CCCc3ccccc3)c3ccc(F)cc23)CC1C. The van der Waals surface area contributed by atoms with Crippen LogP contribution in [0.2, 0.25) is 0 Å². The maximum absolute atomic E-state index is 13.9. The Kier molecular flexibility index (Phi) is 4.82. The predicted octanol–water partition coefficient (Wildman–Crippen LogP) is 5.18. The Morgan fingerprint density at radius 1 is 1.12 bits per heavy atom. The first-order valence-corrected chi connectivity index (χ1v) is 9.75. The van der Waals surface area contributed by atoms with Crippen molar-refractivity contribution in [3.05, 3.63) is 71.2 Å². The van der Waals surface area contributed by atoms with Gasteiger partial charge in [0.05, 0.1) is 0 Å². The minimum Gasteiger partial charge on any atom is -0.344 e. The van der Waals surface area contributed by atoms with Crippen molar-refractivity contribution in [3.8, 4) is 0 Å². The summed E-state index contributed by atoms with van der Waals surface area (Å²) in [6, 6.07) is 16.5. The molecule has 1 aromatic heterocycles.